The molecule has 1 saturated carbocycles. The van der Waals surface area contributed by atoms with Crippen LogP contribution in [0.2, 0.25) is 0 Å². The van der Waals surface area contributed by atoms with Crippen molar-refractivity contribution >= 4 is 6.08 Å². The lowest BCUT2D eigenvalue weighted by atomic mass is 9.80. The number of benzene rings is 1. The molecule has 1 aliphatic carbocycles. The lowest BCUT2D eigenvalue weighted by Crippen LogP contribution is -2.12. The molecule has 0 spiro atoms. The van der Waals surface area contributed by atoms with Gasteiger partial charge in [0.1, 0.15) is 18.1 Å². The molecule has 2 heteroatoms. The van der Waals surface area contributed by atoms with Crippen molar-refractivity contribution < 1.29 is 9.47 Å². The van der Waals surface area contributed by atoms with Crippen molar-refractivity contribution in [3.05, 3.63) is 29.3 Å². The Kier molecular flexibility index (Phi) is 7.46. The summed E-state index contributed by atoms with van der Waals surface area (Å²) in [7, 11) is 0. The molecule has 0 amide bonds. The third-order valence-corrected chi connectivity index (χ3v) is 6.05. The van der Waals surface area contributed by atoms with Gasteiger partial charge in [-0.05, 0) is 61.4 Å². The number of fused-ring (bicyclic) bond motifs is 1. The van der Waals surface area contributed by atoms with Gasteiger partial charge in [-0.15, -0.1) is 0 Å². The zero-order valence-electron chi connectivity index (χ0n) is 16.8. The predicted molar refractivity (Wildman–Crippen MR) is 110 cm³/mol. The van der Waals surface area contributed by atoms with E-state index in [4.69, 9.17) is 9.47 Å². The van der Waals surface area contributed by atoms with Crippen molar-refractivity contribution in [3.63, 3.8) is 0 Å². The summed E-state index contributed by atoms with van der Waals surface area (Å²) in [4.78, 5) is 0. The molecular weight excluding hydrogens is 320 g/mol. The maximum absolute atomic E-state index is 5.83. The molecule has 0 radical (unpaired) electrons. The van der Waals surface area contributed by atoms with Gasteiger partial charge in [0.25, 0.3) is 0 Å². The third-order valence-electron chi connectivity index (χ3n) is 6.05. The van der Waals surface area contributed by atoms with Crippen molar-refractivity contribution in [2.75, 3.05) is 13.2 Å². The molecule has 2 nitrogen and oxygen atoms in total. The van der Waals surface area contributed by atoms with E-state index < -0.39 is 0 Å². The lowest BCUT2D eigenvalue weighted by Gasteiger charge is -2.26. The maximum Gasteiger partial charge on any atom is 0.130 e. The Hall–Kier alpha value is -1.44. The summed E-state index contributed by atoms with van der Waals surface area (Å²) < 4.78 is 11.6. The van der Waals surface area contributed by atoms with Crippen LogP contribution in [0, 0.1) is 11.8 Å². The first-order valence-electron chi connectivity index (χ1n) is 10.8. The Morgan fingerprint density at radius 2 is 1.85 bits per heavy atom. The first-order valence-corrected chi connectivity index (χ1v) is 10.8. The minimum Gasteiger partial charge on any atom is -0.493 e. The number of aryl methyl sites for hydroxylation is 1. The highest BCUT2D eigenvalue weighted by atomic mass is 16.5. The highest BCUT2D eigenvalue weighted by molar-refractivity contribution is 5.67. The van der Waals surface area contributed by atoms with Crippen LogP contribution >= 0.6 is 0 Å². The molecule has 3 rings (SSSR count). The Morgan fingerprint density at radius 1 is 1.04 bits per heavy atom. The van der Waals surface area contributed by atoms with Crippen LogP contribution in [0.1, 0.15) is 82.8 Å². The van der Waals surface area contributed by atoms with E-state index in [2.05, 4.69) is 31.2 Å². The standard InChI is InChI=1S/C24H36O2/c1-3-25-23-17-21(18-24-22(23)11-8-16-26-24)10-7-5-4-6-9-20-14-12-19(2)13-15-20/h8,11,17-20H,3-7,9-10,12-16H2,1-2H3. The summed E-state index contributed by atoms with van der Waals surface area (Å²) in [5, 5.41) is 0. The lowest BCUT2D eigenvalue weighted by molar-refractivity contribution is 0.271. The van der Waals surface area contributed by atoms with E-state index in [-0.39, 0.29) is 0 Å². The highest BCUT2D eigenvalue weighted by Crippen LogP contribution is 2.35. The van der Waals surface area contributed by atoms with E-state index in [1.165, 1.54) is 63.4 Å². The second-order valence-electron chi connectivity index (χ2n) is 8.23. The minimum absolute atomic E-state index is 0.669. The molecule has 1 heterocycles. The van der Waals surface area contributed by atoms with Crippen LogP contribution in [-0.2, 0) is 6.42 Å². The van der Waals surface area contributed by atoms with Crippen LogP contribution in [0.15, 0.2) is 18.2 Å². The first-order chi connectivity index (χ1) is 12.8. The molecule has 1 aromatic rings. The quantitative estimate of drug-likeness (QED) is 0.452. The molecule has 0 unspecified atom stereocenters. The molecule has 26 heavy (non-hydrogen) atoms. The molecule has 2 aliphatic rings. The van der Waals surface area contributed by atoms with E-state index in [1.54, 1.807) is 0 Å². The zero-order valence-corrected chi connectivity index (χ0v) is 16.8. The second-order valence-corrected chi connectivity index (χ2v) is 8.23. The SMILES string of the molecule is CCOc1cc(CCCCCCC2CCC(C)CC2)cc2c1C=CCO2. The molecule has 0 bridgehead atoms. The molecule has 1 aromatic carbocycles. The normalized spacial score (nSPS) is 21.9. The van der Waals surface area contributed by atoms with Crippen LogP contribution in [0.3, 0.4) is 0 Å². The van der Waals surface area contributed by atoms with Gasteiger partial charge in [-0.1, -0.05) is 58.3 Å². The minimum atomic E-state index is 0.669. The van der Waals surface area contributed by atoms with Crippen molar-refractivity contribution in [1.29, 1.82) is 0 Å². The van der Waals surface area contributed by atoms with Gasteiger partial charge in [-0.3, -0.25) is 0 Å². The molecule has 1 aliphatic heterocycles. The van der Waals surface area contributed by atoms with Gasteiger partial charge in [0.15, 0.2) is 0 Å². The Morgan fingerprint density at radius 3 is 2.65 bits per heavy atom. The van der Waals surface area contributed by atoms with Gasteiger partial charge < -0.3 is 9.47 Å². The van der Waals surface area contributed by atoms with Crippen LogP contribution in [0.4, 0.5) is 0 Å². The van der Waals surface area contributed by atoms with E-state index >= 15 is 0 Å². The molecule has 144 valence electrons. The van der Waals surface area contributed by atoms with E-state index in [0.29, 0.717) is 13.2 Å². The molecule has 0 N–H and O–H groups in total. The molecular formula is C24H36O2. The summed E-state index contributed by atoms with van der Waals surface area (Å²) in [5.41, 5.74) is 2.45. The fraction of sp³-hybridized carbons (Fsp3) is 0.667. The number of rotatable bonds is 9. The van der Waals surface area contributed by atoms with Crippen molar-refractivity contribution in [2.45, 2.75) is 78.1 Å². The van der Waals surface area contributed by atoms with Crippen molar-refractivity contribution in [2.24, 2.45) is 11.8 Å². The summed E-state index contributed by atoms with van der Waals surface area (Å²) in [5.74, 6) is 3.96. The third kappa shape index (κ3) is 5.53. The van der Waals surface area contributed by atoms with Gasteiger partial charge in [0.2, 0.25) is 0 Å². The summed E-state index contributed by atoms with van der Waals surface area (Å²) >= 11 is 0. The molecule has 0 saturated heterocycles. The maximum atomic E-state index is 5.83. The van der Waals surface area contributed by atoms with Gasteiger partial charge in [-0.25, -0.2) is 0 Å². The van der Waals surface area contributed by atoms with Crippen LogP contribution in [0.25, 0.3) is 6.08 Å². The molecule has 0 aromatic heterocycles. The van der Waals surface area contributed by atoms with Crippen LogP contribution < -0.4 is 9.47 Å². The molecule has 0 atom stereocenters. The van der Waals surface area contributed by atoms with Crippen LogP contribution in [0.5, 0.6) is 11.5 Å². The summed E-state index contributed by atoms with van der Waals surface area (Å²) in [6.45, 7) is 5.82. The number of unbranched alkanes of at least 4 members (excludes halogenated alkanes) is 3. The Balaban J connectivity index is 1.39. The number of hydrogen-bond acceptors (Lipinski definition) is 2. The zero-order chi connectivity index (χ0) is 18.2. The van der Waals surface area contributed by atoms with E-state index in [1.807, 2.05) is 6.92 Å². The number of hydrogen-bond donors (Lipinski definition) is 0. The Bertz CT molecular complexity index is 582. The molecule has 1 fully saturated rings. The van der Waals surface area contributed by atoms with E-state index in [0.717, 1.165) is 35.3 Å². The Labute approximate surface area is 160 Å². The fourth-order valence-corrected chi connectivity index (χ4v) is 4.40. The number of ether oxygens (including phenoxy) is 2. The van der Waals surface area contributed by atoms with E-state index in [9.17, 15) is 0 Å². The monoisotopic (exact) mass is 356 g/mol. The smallest absolute Gasteiger partial charge is 0.130 e. The average molecular weight is 357 g/mol. The second kappa shape index (κ2) is 10.0. The topological polar surface area (TPSA) is 18.5 Å². The van der Waals surface area contributed by atoms with Gasteiger partial charge in [-0.2, -0.15) is 0 Å². The fourth-order valence-electron chi connectivity index (χ4n) is 4.40. The average Bonchev–Trinajstić information content (AvgIpc) is 2.66. The first kappa shape index (κ1) is 19.3. The van der Waals surface area contributed by atoms with Gasteiger partial charge in [0.05, 0.1) is 12.2 Å². The van der Waals surface area contributed by atoms with Crippen molar-refractivity contribution in [1.82, 2.24) is 0 Å². The highest BCUT2D eigenvalue weighted by Gasteiger charge is 2.17. The summed E-state index contributed by atoms with van der Waals surface area (Å²) in [6, 6.07) is 4.43. The largest absolute Gasteiger partial charge is 0.493 e. The summed E-state index contributed by atoms with van der Waals surface area (Å²) in [6.07, 6.45) is 18.0. The predicted octanol–water partition coefficient (Wildman–Crippen LogP) is 6.81. The van der Waals surface area contributed by atoms with Crippen LogP contribution in [-0.4, -0.2) is 13.2 Å². The van der Waals surface area contributed by atoms with Crippen molar-refractivity contribution in [3.8, 4) is 11.5 Å². The van der Waals surface area contributed by atoms with Gasteiger partial charge >= 0.3 is 0 Å². The van der Waals surface area contributed by atoms with Gasteiger partial charge in [0, 0.05) is 0 Å².